The van der Waals surface area contributed by atoms with Gasteiger partial charge < -0.3 is 13.7 Å². The van der Waals surface area contributed by atoms with Crippen LogP contribution < -0.4 is 4.90 Å². The van der Waals surface area contributed by atoms with Crippen LogP contribution in [-0.4, -0.2) is 0 Å². The molecule has 14 rings (SSSR count). The summed E-state index contributed by atoms with van der Waals surface area (Å²) in [4.78, 5) is 2.36. The second-order valence-electron chi connectivity index (χ2n) is 17.5. The largest absolute Gasteiger partial charge is 0.456 e. The minimum atomic E-state index is 0.895. The zero-order valence-electron chi connectivity index (χ0n) is 36.7. The second kappa shape index (κ2) is 15.5. The van der Waals surface area contributed by atoms with E-state index in [9.17, 15) is 0 Å². The van der Waals surface area contributed by atoms with Crippen LogP contribution in [0.2, 0.25) is 0 Å². The first kappa shape index (κ1) is 38.6. The number of hydrogen-bond acceptors (Lipinski definition) is 4. The predicted octanol–water partition coefficient (Wildman–Crippen LogP) is 19.1. The van der Waals surface area contributed by atoms with E-state index in [4.69, 9.17) is 8.83 Å². The molecule has 0 atom stereocenters. The van der Waals surface area contributed by atoms with Crippen LogP contribution in [0.4, 0.5) is 17.1 Å². The lowest BCUT2D eigenvalue weighted by Gasteiger charge is -2.26. The topological polar surface area (TPSA) is 29.5 Å². The average Bonchev–Trinajstić information content (AvgIpc) is 4.11. The fourth-order valence-electron chi connectivity index (χ4n) is 10.6. The van der Waals surface area contributed by atoms with E-state index >= 15 is 0 Å². The fourth-order valence-corrected chi connectivity index (χ4v) is 11.7. The third kappa shape index (κ3) is 6.12. The normalized spacial score (nSPS) is 11.8. The summed E-state index contributed by atoms with van der Waals surface area (Å²) < 4.78 is 15.4. The second-order valence-corrected chi connectivity index (χ2v) is 18.6. The standard InChI is InChI=1S/C64H39NO2S/c1-2-13-50-49(12-1)46(38-39-51(50)53-19-9-20-54-52-14-3-6-21-57(52)67-64(53)54)40-26-32-43(33-27-40)65(44-34-28-41(29-35-44)47-17-10-23-59-62(47)55-15-4-7-22-58(55)66-59)45-36-30-42(31-37-45)48-18-11-25-61-63(48)56-16-5-8-24-60(56)68-61/h1-39H. The van der Waals surface area contributed by atoms with E-state index in [-0.39, 0.29) is 0 Å². The number of nitrogens with zero attached hydrogens (tertiary/aromatic N) is 1. The summed E-state index contributed by atoms with van der Waals surface area (Å²) in [7, 11) is 0. The summed E-state index contributed by atoms with van der Waals surface area (Å²) in [6.07, 6.45) is 0. The van der Waals surface area contributed by atoms with Crippen LogP contribution in [0.15, 0.2) is 245 Å². The van der Waals surface area contributed by atoms with Crippen molar-refractivity contribution in [2.24, 2.45) is 0 Å². The van der Waals surface area contributed by atoms with Crippen LogP contribution in [0.5, 0.6) is 0 Å². The predicted molar refractivity (Wildman–Crippen MR) is 288 cm³/mol. The Morgan fingerprint density at radius 1 is 0.265 bits per heavy atom. The molecular formula is C64H39NO2S. The van der Waals surface area contributed by atoms with Crippen molar-refractivity contribution in [2.45, 2.75) is 0 Å². The van der Waals surface area contributed by atoms with E-state index in [0.29, 0.717) is 0 Å². The average molecular weight is 886 g/mol. The van der Waals surface area contributed by atoms with Crippen molar-refractivity contribution >= 4 is 103 Å². The first-order valence-electron chi connectivity index (χ1n) is 23.1. The molecule has 0 aliphatic rings. The summed E-state index contributed by atoms with van der Waals surface area (Å²) in [5.41, 5.74) is 16.2. The number of fused-ring (bicyclic) bond motifs is 10. The van der Waals surface area contributed by atoms with E-state index in [2.05, 4.69) is 217 Å². The summed E-state index contributed by atoms with van der Waals surface area (Å²) >= 11 is 1.86. The molecule has 68 heavy (non-hydrogen) atoms. The Labute approximate surface area is 396 Å². The molecule has 14 aromatic rings. The molecule has 0 unspecified atom stereocenters. The molecule has 0 aliphatic carbocycles. The van der Waals surface area contributed by atoms with Gasteiger partial charge in [-0.2, -0.15) is 0 Å². The van der Waals surface area contributed by atoms with Crippen molar-refractivity contribution in [3.63, 3.8) is 0 Å². The van der Waals surface area contributed by atoms with Gasteiger partial charge in [0.1, 0.15) is 22.3 Å². The van der Waals surface area contributed by atoms with Crippen molar-refractivity contribution in [3.05, 3.63) is 237 Å². The van der Waals surface area contributed by atoms with Crippen molar-refractivity contribution in [3.8, 4) is 44.5 Å². The summed E-state index contributed by atoms with van der Waals surface area (Å²) in [6, 6.07) is 85.2. The van der Waals surface area contributed by atoms with Crippen LogP contribution >= 0.6 is 11.3 Å². The quantitative estimate of drug-likeness (QED) is 0.160. The molecular weight excluding hydrogens is 847 g/mol. The highest BCUT2D eigenvalue weighted by Crippen LogP contribution is 2.45. The number of hydrogen-bond donors (Lipinski definition) is 0. The molecule has 0 radical (unpaired) electrons. The van der Waals surface area contributed by atoms with Crippen molar-refractivity contribution < 1.29 is 8.83 Å². The molecule has 0 spiro atoms. The molecule has 11 aromatic carbocycles. The highest BCUT2D eigenvalue weighted by molar-refractivity contribution is 7.25. The molecule has 0 saturated carbocycles. The van der Waals surface area contributed by atoms with E-state index in [1.807, 2.05) is 35.6 Å². The van der Waals surface area contributed by atoms with Gasteiger partial charge in [-0.05, 0) is 116 Å². The number of para-hydroxylation sites is 3. The minimum Gasteiger partial charge on any atom is -0.456 e. The number of benzene rings is 11. The third-order valence-electron chi connectivity index (χ3n) is 13.7. The first-order chi connectivity index (χ1) is 33.7. The summed E-state index contributed by atoms with van der Waals surface area (Å²) in [5.74, 6) is 0. The van der Waals surface area contributed by atoms with Gasteiger partial charge in [-0.15, -0.1) is 11.3 Å². The first-order valence-corrected chi connectivity index (χ1v) is 23.9. The van der Waals surface area contributed by atoms with Crippen LogP contribution in [-0.2, 0) is 0 Å². The lowest BCUT2D eigenvalue weighted by Crippen LogP contribution is -2.09. The molecule has 0 fully saturated rings. The lowest BCUT2D eigenvalue weighted by molar-refractivity contribution is 0.669. The number of anilines is 3. The van der Waals surface area contributed by atoms with Crippen LogP contribution in [0.3, 0.4) is 0 Å². The molecule has 3 aromatic heterocycles. The van der Waals surface area contributed by atoms with Gasteiger partial charge in [0.15, 0.2) is 0 Å². The molecule has 4 heteroatoms. The maximum Gasteiger partial charge on any atom is 0.143 e. The number of rotatable bonds is 7. The minimum absolute atomic E-state index is 0.895. The molecule has 3 heterocycles. The molecule has 0 saturated heterocycles. The monoisotopic (exact) mass is 885 g/mol. The van der Waals surface area contributed by atoms with Crippen molar-refractivity contribution in [1.29, 1.82) is 0 Å². The highest BCUT2D eigenvalue weighted by Gasteiger charge is 2.19. The van der Waals surface area contributed by atoms with Gasteiger partial charge in [-0.25, -0.2) is 0 Å². The summed E-state index contributed by atoms with van der Waals surface area (Å²) in [6.45, 7) is 0. The van der Waals surface area contributed by atoms with E-state index in [1.54, 1.807) is 0 Å². The lowest BCUT2D eigenvalue weighted by atomic mass is 9.91. The Hall–Kier alpha value is -8.70. The van der Waals surface area contributed by atoms with E-state index < -0.39 is 0 Å². The Morgan fingerprint density at radius 3 is 1.41 bits per heavy atom. The molecule has 3 nitrogen and oxygen atoms in total. The van der Waals surface area contributed by atoms with Crippen molar-refractivity contribution in [2.75, 3.05) is 4.90 Å². The fraction of sp³-hybridized carbons (Fsp3) is 0. The Bertz CT molecular complexity index is 4090. The number of furan rings is 2. The Balaban J connectivity index is 0.870. The van der Waals surface area contributed by atoms with E-state index in [1.165, 1.54) is 47.6 Å². The Kier molecular flexibility index (Phi) is 8.76. The highest BCUT2D eigenvalue weighted by atomic mass is 32.1. The van der Waals surface area contributed by atoms with Gasteiger partial charge in [0.25, 0.3) is 0 Å². The molecule has 0 bridgehead atoms. The zero-order valence-corrected chi connectivity index (χ0v) is 37.5. The maximum absolute atomic E-state index is 6.52. The maximum atomic E-state index is 6.52. The third-order valence-corrected chi connectivity index (χ3v) is 14.9. The van der Waals surface area contributed by atoms with Crippen LogP contribution in [0.25, 0.3) is 119 Å². The molecule has 0 amide bonds. The molecule has 0 aliphatic heterocycles. The van der Waals surface area contributed by atoms with Gasteiger partial charge in [0.05, 0.1) is 0 Å². The molecule has 0 N–H and O–H groups in total. The SMILES string of the molecule is c1ccc2c(c1)oc1c(-c3ccc(-c4ccc(N(c5ccc(-c6cccc7oc8ccccc8c67)cc5)c5ccc(-c6cccc7sc8ccccc8c67)cc5)cc4)c4ccccc34)cccc12. The molecule has 318 valence electrons. The van der Waals surface area contributed by atoms with Gasteiger partial charge >= 0.3 is 0 Å². The van der Waals surface area contributed by atoms with Gasteiger partial charge in [-0.1, -0.05) is 170 Å². The van der Waals surface area contributed by atoms with E-state index in [0.717, 1.165) is 88.8 Å². The number of thiophene rings is 1. The van der Waals surface area contributed by atoms with Gasteiger partial charge in [-0.3, -0.25) is 0 Å². The summed E-state index contributed by atoms with van der Waals surface area (Å²) in [5, 5.41) is 9.54. The van der Waals surface area contributed by atoms with Crippen LogP contribution in [0.1, 0.15) is 0 Å². The smallest absolute Gasteiger partial charge is 0.143 e. The van der Waals surface area contributed by atoms with Gasteiger partial charge in [0.2, 0.25) is 0 Å². The van der Waals surface area contributed by atoms with Crippen LogP contribution in [0, 0.1) is 0 Å². The zero-order chi connectivity index (χ0) is 44.7. The van der Waals surface area contributed by atoms with Crippen molar-refractivity contribution in [1.82, 2.24) is 0 Å². The Morgan fingerprint density at radius 2 is 0.721 bits per heavy atom. The van der Waals surface area contributed by atoms with Gasteiger partial charge in [0, 0.05) is 64.3 Å².